The van der Waals surface area contributed by atoms with Crippen molar-refractivity contribution < 1.29 is 9.90 Å². The van der Waals surface area contributed by atoms with Crippen LogP contribution in [0.3, 0.4) is 0 Å². The topological polar surface area (TPSA) is 61.4 Å². The number of hydrogen-bond acceptors (Lipinski definition) is 3. The SMILES string of the molecule is CNCCC(=O)NCC(O)c1ccccc1C. The monoisotopic (exact) mass is 236 g/mol. The first-order valence-corrected chi connectivity index (χ1v) is 5.80. The van der Waals surface area contributed by atoms with E-state index in [9.17, 15) is 9.90 Å². The second-order valence-electron chi connectivity index (χ2n) is 4.03. The van der Waals surface area contributed by atoms with Crippen molar-refractivity contribution in [2.24, 2.45) is 0 Å². The first-order chi connectivity index (χ1) is 8.15. The first-order valence-electron chi connectivity index (χ1n) is 5.80. The van der Waals surface area contributed by atoms with Crippen molar-refractivity contribution in [1.82, 2.24) is 10.6 Å². The van der Waals surface area contributed by atoms with Crippen LogP contribution in [0.2, 0.25) is 0 Å². The summed E-state index contributed by atoms with van der Waals surface area (Å²) in [5.74, 6) is -0.0491. The maximum atomic E-state index is 11.4. The summed E-state index contributed by atoms with van der Waals surface area (Å²) in [4.78, 5) is 11.4. The smallest absolute Gasteiger partial charge is 0.221 e. The van der Waals surface area contributed by atoms with Gasteiger partial charge in [-0.1, -0.05) is 24.3 Å². The van der Waals surface area contributed by atoms with Crippen molar-refractivity contribution in [2.75, 3.05) is 20.1 Å². The van der Waals surface area contributed by atoms with Crippen molar-refractivity contribution in [1.29, 1.82) is 0 Å². The van der Waals surface area contributed by atoms with Gasteiger partial charge in [0.1, 0.15) is 0 Å². The molecule has 0 saturated carbocycles. The van der Waals surface area contributed by atoms with Gasteiger partial charge in [-0.05, 0) is 25.1 Å². The number of aliphatic hydroxyl groups is 1. The number of carbonyl (C=O) groups is 1. The van der Waals surface area contributed by atoms with Gasteiger partial charge in [0, 0.05) is 19.5 Å². The number of carbonyl (C=O) groups excluding carboxylic acids is 1. The molecule has 1 aromatic carbocycles. The Bertz CT molecular complexity index is 366. The van der Waals surface area contributed by atoms with E-state index < -0.39 is 6.10 Å². The molecule has 0 heterocycles. The number of aliphatic hydroxyl groups excluding tert-OH is 1. The quantitative estimate of drug-likeness (QED) is 0.683. The molecule has 0 radical (unpaired) electrons. The molecular formula is C13H20N2O2. The Morgan fingerprint density at radius 3 is 2.76 bits per heavy atom. The van der Waals surface area contributed by atoms with Crippen molar-refractivity contribution in [3.05, 3.63) is 35.4 Å². The number of amides is 1. The van der Waals surface area contributed by atoms with Crippen LogP contribution in [0.15, 0.2) is 24.3 Å². The lowest BCUT2D eigenvalue weighted by molar-refractivity contribution is -0.121. The molecule has 1 aromatic rings. The van der Waals surface area contributed by atoms with Gasteiger partial charge in [0.15, 0.2) is 0 Å². The summed E-state index contributed by atoms with van der Waals surface area (Å²) in [5, 5.41) is 15.6. The molecule has 0 aromatic heterocycles. The summed E-state index contributed by atoms with van der Waals surface area (Å²) < 4.78 is 0. The minimum Gasteiger partial charge on any atom is -0.387 e. The first kappa shape index (κ1) is 13.7. The zero-order chi connectivity index (χ0) is 12.7. The molecule has 1 atom stereocenters. The summed E-state index contributed by atoms with van der Waals surface area (Å²) in [6.45, 7) is 2.85. The van der Waals surface area contributed by atoms with E-state index in [2.05, 4.69) is 10.6 Å². The highest BCUT2D eigenvalue weighted by atomic mass is 16.3. The number of nitrogens with one attached hydrogen (secondary N) is 2. The van der Waals surface area contributed by atoms with Crippen LogP contribution in [0.4, 0.5) is 0 Å². The van der Waals surface area contributed by atoms with E-state index in [-0.39, 0.29) is 12.5 Å². The molecule has 4 heteroatoms. The Hall–Kier alpha value is -1.39. The van der Waals surface area contributed by atoms with E-state index in [4.69, 9.17) is 0 Å². The highest BCUT2D eigenvalue weighted by Crippen LogP contribution is 2.16. The van der Waals surface area contributed by atoms with Crippen LogP contribution in [0.5, 0.6) is 0 Å². The van der Waals surface area contributed by atoms with Crippen LogP contribution in [-0.4, -0.2) is 31.2 Å². The molecule has 0 saturated heterocycles. The third kappa shape index (κ3) is 4.54. The summed E-state index contributed by atoms with van der Waals surface area (Å²) in [5.41, 5.74) is 1.89. The van der Waals surface area contributed by atoms with Gasteiger partial charge in [0.25, 0.3) is 0 Å². The summed E-state index contributed by atoms with van der Waals surface area (Å²) in [6.07, 6.45) is -0.216. The zero-order valence-corrected chi connectivity index (χ0v) is 10.4. The molecule has 0 aliphatic carbocycles. The average Bonchev–Trinajstić information content (AvgIpc) is 2.34. The van der Waals surface area contributed by atoms with Crippen LogP contribution < -0.4 is 10.6 Å². The van der Waals surface area contributed by atoms with E-state index in [0.29, 0.717) is 13.0 Å². The van der Waals surface area contributed by atoms with Crippen LogP contribution in [0, 0.1) is 6.92 Å². The van der Waals surface area contributed by atoms with Gasteiger partial charge in [-0.2, -0.15) is 0 Å². The van der Waals surface area contributed by atoms with E-state index in [1.165, 1.54) is 0 Å². The maximum absolute atomic E-state index is 11.4. The molecule has 94 valence electrons. The van der Waals surface area contributed by atoms with Crippen LogP contribution >= 0.6 is 0 Å². The standard InChI is InChI=1S/C13H20N2O2/c1-10-5-3-4-6-11(10)12(16)9-15-13(17)7-8-14-2/h3-6,12,14,16H,7-9H2,1-2H3,(H,15,17). The Kier molecular flexibility index (Phi) is 5.66. The fourth-order valence-corrected chi connectivity index (χ4v) is 1.61. The summed E-state index contributed by atoms with van der Waals surface area (Å²) >= 11 is 0. The van der Waals surface area contributed by atoms with Crippen molar-refractivity contribution >= 4 is 5.91 Å². The highest BCUT2D eigenvalue weighted by molar-refractivity contribution is 5.76. The average molecular weight is 236 g/mol. The third-order valence-electron chi connectivity index (χ3n) is 2.64. The van der Waals surface area contributed by atoms with Gasteiger partial charge >= 0.3 is 0 Å². The van der Waals surface area contributed by atoms with Gasteiger partial charge < -0.3 is 15.7 Å². The number of hydrogen-bond donors (Lipinski definition) is 3. The van der Waals surface area contributed by atoms with E-state index >= 15 is 0 Å². The molecule has 4 nitrogen and oxygen atoms in total. The predicted octanol–water partition coefficient (Wildman–Crippen LogP) is 0.754. The number of benzene rings is 1. The second-order valence-corrected chi connectivity index (χ2v) is 4.03. The fraction of sp³-hybridized carbons (Fsp3) is 0.462. The Morgan fingerprint density at radius 2 is 2.12 bits per heavy atom. The lowest BCUT2D eigenvalue weighted by Gasteiger charge is -2.14. The van der Waals surface area contributed by atoms with Gasteiger partial charge in [-0.3, -0.25) is 4.79 Å². The Balaban J connectivity index is 2.42. The Labute approximate surface area is 102 Å². The fourth-order valence-electron chi connectivity index (χ4n) is 1.61. The maximum Gasteiger partial charge on any atom is 0.221 e. The van der Waals surface area contributed by atoms with E-state index in [1.54, 1.807) is 7.05 Å². The largest absolute Gasteiger partial charge is 0.387 e. The lowest BCUT2D eigenvalue weighted by Crippen LogP contribution is -2.30. The second kappa shape index (κ2) is 7.04. The molecule has 0 spiro atoms. The highest BCUT2D eigenvalue weighted by Gasteiger charge is 2.10. The predicted molar refractivity (Wildman–Crippen MR) is 67.7 cm³/mol. The molecule has 1 amide bonds. The molecule has 1 rings (SSSR count). The normalized spacial score (nSPS) is 12.2. The summed E-state index contributed by atoms with van der Waals surface area (Å²) in [6, 6.07) is 7.63. The van der Waals surface area contributed by atoms with Gasteiger partial charge in [0.05, 0.1) is 6.10 Å². The van der Waals surface area contributed by atoms with Gasteiger partial charge in [0.2, 0.25) is 5.91 Å². The number of rotatable bonds is 6. The minimum atomic E-state index is -0.644. The van der Waals surface area contributed by atoms with Crippen molar-refractivity contribution in [3.63, 3.8) is 0 Å². The van der Waals surface area contributed by atoms with Crippen molar-refractivity contribution in [3.8, 4) is 0 Å². The molecule has 17 heavy (non-hydrogen) atoms. The van der Waals surface area contributed by atoms with Crippen LogP contribution in [0.1, 0.15) is 23.7 Å². The van der Waals surface area contributed by atoms with Crippen molar-refractivity contribution in [2.45, 2.75) is 19.4 Å². The van der Waals surface area contributed by atoms with Crippen LogP contribution in [-0.2, 0) is 4.79 Å². The lowest BCUT2D eigenvalue weighted by atomic mass is 10.0. The van der Waals surface area contributed by atoms with E-state index in [1.807, 2.05) is 31.2 Å². The molecule has 0 bridgehead atoms. The Morgan fingerprint density at radius 1 is 1.41 bits per heavy atom. The molecule has 0 aliphatic rings. The molecular weight excluding hydrogens is 216 g/mol. The summed E-state index contributed by atoms with van der Waals surface area (Å²) in [7, 11) is 1.80. The van der Waals surface area contributed by atoms with Gasteiger partial charge in [-0.25, -0.2) is 0 Å². The molecule has 1 unspecified atom stereocenters. The minimum absolute atomic E-state index is 0.0491. The molecule has 3 N–H and O–H groups in total. The van der Waals surface area contributed by atoms with E-state index in [0.717, 1.165) is 11.1 Å². The third-order valence-corrected chi connectivity index (χ3v) is 2.64. The molecule has 0 fully saturated rings. The van der Waals surface area contributed by atoms with Crippen LogP contribution in [0.25, 0.3) is 0 Å². The van der Waals surface area contributed by atoms with Gasteiger partial charge in [-0.15, -0.1) is 0 Å². The number of aryl methyl sites for hydroxylation is 1. The molecule has 0 aliphatic heterocycles. The zero-order valence-electron chi connectivity index (χ0n) is 10.4.